The molecule has 2 amide bonds. The van der Waals surface area contributed by atoms with Crippen molar-refractivity contribution in [1.82, 2.24) is 14.0 Å². The Morgan fingerprint density at radius 2 is 1.92 bits per heavy atom. The van der Waals surface area contributed by atoms with Gasteiger partial charge in [-0.05, 0) is 47.1 Å². The van der Waals surface area contributed by atoms with Crippen molar-refractivity contribution >= 4 is 39.3 Å². The molecule has 3 aliphatic rings. The number of benzene rings is 2. The summed E-state index contributed by atoms with van der Waals surface area (Å²) in [6.07, 6.45) is 2.94. The van der Waals surface area contributed by atoms with Crippen molar-refractivity contribution in [2.45, 2.75) is 46.2 Å². The first-order valence-corrected chi connectivity index (χ1v) is 12.9. The Balaban J connectivity index is 1.56. The van der Waals surface area contributed by atoms with Gasteiger partial charge in [0.2, 0.25) is 5.91 Å². The second-order valence-electron chi connectivity index (χ2n) is 10.9. The van der Waals surface area contributed by atoms with E-state index in [9.17, 15) is 14.4 Å². The van der Waals surface area contributed by atoms with Gasteiger partial charge in [0.05, 0.1) is 23.2 Å². The fourth-order valence-electron chi connectivity index (χ4n) is 6.54. The monoisotopic (exact) mass is 492 g/mol. The van der Waals surface area contributed by atoms with Crippen molar-refractivity contribution in [3.63, 3.8) is 0 Å². The van der Waals surface area contributed by atoms with Gasteiger partial charge in [-0.3, -0.25) is 19.3 Å². The van der Waals surface area contributed by atoms with Crippen LogP contribution in [0.25, 0.3) is 21.8 Å². The fraction of sp³-hybridized carbons (Fsp3) is 0.300. The Hall–Kier alpha value is -4.13. The molecule has 3 aliphatic heterocycles. The van der Waals surface area contributed by atoms with Gasteiger partial charge in [0, 0.05) is 54.5 Å². The van der Waals surface area contributed by atoms with Crippen molar-refractivity contribution in [3.8, 4) is 0 Å². The highest BCUT2D eigenvalue weighted by Crippen LogP contribution is 2.46. The van der Waals surface area contributed by atoms with E-state index in [0.717, 1.165) is 46.0 Å². The zero-order valence-electron chi connectivity index (χ0n) is 21.2. The number of rotatable bonds is 3. The molecule has 1 atom stereocenters. The molecule has 2 aromatic carbocycles. The Labute approximate surface area is 214 Å². The lowest BCUT2D eigenvalue weighted by Gasteiger charge is -2.20. The Kier molecular flexibility index (Phi) is 4.59. The molecule has 0 saturated carbocycles. The predicted molar refractivity (Wildman–Crippen MR) is 144 cm³/mol. The van der Waals surface area contributed by atoms with Crippen molar-refractivity contribution in [3.05, 3.63) is 87.0 Å². The van der Waals surface area contributed by atoms with Crippen LogP contribution in [0.2, 0.25) is 0 Å². The lowest BCUT2D eigenvalue weighted by atomic mass is 9.84. The van der Waals surface area contributed by atoms with E-state index in [1.165, 1.54) is 17.4 Å². The van der Waals surface area contributed by atoms with Crippen LogP contribution in [0.3, 0.4) is 0 Å². The summed E-state index contributed by atoms with van der Waals surface area (Å²) in [6.45, 7) is 7.40. The van der Waals surface area contributed by atoms with Crippen LogP contribution in [0.5, 0.6) is 0 Å². The minimum Gasteiger partial charge on any atom is -0.356 e. The Bertz CT molecular complexity index is 1770. The van der Waals surface area contributed by atoms with E-state index in [1.54, 1.807) is 0 Å². The van der Waals surface area contributed by atoms with E-state index >= 15 is 0 Å². The molecule has 0 saturated heterocycles. The summed E-state index contributed by atoms with van der Waals surface area (Å²) in [5.74, 6) is -0.785. The SMILES string of the molecule is CC(=O)N1CC2=C(C1=O)[C@H](c1cc3cccc4c3n(c1=O)CC4)c1cn(CC(C)C)c3cccc(c13)N2. The molecule has 5 heterocycles. The lowest BCUT2D eigenvalue weighted by molar-refractivity contribution is -0.139. The predicted octanol–water partition coefficient (Wildman–Crippen LogP) is 4.37. The highest BCUT2D eigenvalue weighted by molar-refractivity contribution is 6.11. The van der Waals surface area contributed by atoms with Gasteiger partial charge in [-0.25, -0.2) is 0 Å². The number of nitrogens with zero attached hydrogens (tertiary/aromatic N) is 3. The van der Waals surface area contributed by atoms with Crippen LogP contribution in [0.15, 0.2) is 64.7 Å². The van der Waals surface area contributed by atoms with E-state index in [1.807, 2.05) is 34.9 Å². The number of nitrogens with one attached hydrogen (secondary N) is 1. The third-order valence-electron chi connectivity index (χ3n) is 8.02. The zero-order chi connectivity index (χ0) is 25.6. The molecule has 7 nitrogen and oxygen atoms in total. The number of aromatic nitrogens is 2. The number of carbonyl (C=O) groups is 2. The molecule has 7 rings (SSSR count). The second kappa shape index (κ2) is 7.68. The number of imide groups is 1. The first kappa shape index (κ1) is 22.1. The highest BCUT2D eigenvalue weighted by Gasteiger charge is 2.43. The molecular formula is C30H28N4O3. The average Bonchev–Trinajstić information content (AvgIpc) is 3.51. The Morgan fingerprint density at radius 3 is 2.70 bits per heavy atom. The zero-order valence-corrected chi connectivity index (χ0v) is 21.2. The summed E-state index contributed by atoms with van der Waals surface area (Å²) < 4.78 is 4.10. The summed E-state index contributed by atoms with van der Waals surface area (Å²) >= 11 is 0. The quantitative estimate of drug-likeness (QED) is 0.461. The molecule has 0 fully saturated rings. The van der Waals surface area contributed by atoms with Gasteiger partial charge in [-0.2, -0.15) is 0 Å². The molecule has 0 bridgehead atoms. The maximum Gasteiger partial charge on any atom is 0.259 e. The molecule has 0 aliphatic carbocycles. The van der Waals surface area contributed by atoms with Gasteiger partial charge in [0.25, 0.3) is 11.5 Å². The maximum atomic E-state index is 14.1. The van der Waals surface area contributed by atoms with Crippen molar-refractivity contribution in [1.29, 1.82) is 0 Å². The molecular weight excluding hydrogens is 464 g/mol. The number of anilines is 1. The normalized spacial score (nSPS) is 18.2. The van der Waals surface area contributed by atoms with Crippen LogP contribution in [-0.4, -0.2) is 32.4 Å². The molecule has 186 valence electrons. The summed E-state index contributed by atoms with van der Waals surface area (Å²) in [5, 5.41) is 5.54. The van der Waals surface area contributed by atoms with Crippen LogP contribution in [0, 0.1) is 5.92 Å². The van der Waals surface area contributed by atoms with E-state index in [0.29, 0.717) is 29.3 Å². The smallest absolute Gasteiger partial charge is 0.259 e. The van der Waals surface area contributed by atoms with E-state index in [-0.39, 0.29) is 23.9 Å². The maximum absolute atomic E-state index is 14.1. The standard InChI is InChI=1S/C30H28N4O3/c1-16(2)13-32-14-21-25(20-12-19-7-4-6-18-10-11-33(28(18)19)29(20)36)27-23(15-34(17(3)35)30(27)37)31-22-8-5-9-24(32)26(21)22/h4-9,12,14,16,25,31H,10-11,13,15H2,1-3H3/t25-/m1/s1. The molecule has 4 aromatic rings. The average molecular weight is 493 g/mol. The number of aryl methyl sites for hydroxylation is 2. The van der Waals surface area contributed by atoms with Gasteiger partial charge in [0.1, 0.15) is 0 Å². The summed E-state index contributed by atoms with van der Waals surface area (Å²) in [6, 6.07) is 14.3. The Morgan fingerprint density at radius 1 is 1.11 bits per heavy atom. The number of hydrogen-bond donors (Lipinski definition) is 1. The molecule has 2 aromatic heterocycles. The van der Waals surface area contributed by atoms with E-state index in [4.69, 9.17) is 0 Å². The molecule has 7 heteroatoms. The summed E-state index contributed by atoms with van der Waals surface area (Å²) in [4.78, 5) is 41.6. The van der Waals surface area contributed by atoms with Crippen molar-refractivity contribution in [2.75, 3.05) is 11.9 Å². The van der Waals surface area contributed by atoms with Crippen LogP contribution in [0.4, 0.5) is 5.69 Å². The molecule has 1 N–H and O–H groups in total. The van der Waals surface area contributed by atoms with Crippen LogP contribution in [-0.2, 0) is 29.1 Å². The van der Waals surface area contributed by atoms with Gasteiger partial charge < -0.3 is 14.5 Å². The minimum absolute atomic E-state index is 0.0625. The lowest BCUT2D eigenvalue weighted by Crippen LogP contribution is -2.34. The van der Waals surface area contributed by atoms with Gasteiger partial charge >= 0.3 is 0 Å². The number of carbonyl (C=O) groups excluding carboxylic acids is 2. The first-order valence-electron chi connectivity index (χ1n) is 12.9. The topological polar surface area (TPSA) is 76.3 Å². The first-order chi connectivity index (χ1) is 17.8. The van der Waals surface area contributed by atoms with Crippen molar-refractivity contribution in [2.24, 2.45) is 5.92 Å². The second-order valence-corrected chi connectivity index (χ2v) is 10.9. The number of para-hydroxylation sites is 1. The van der Waals surface area contributed by atoms with Crippen molar-refractivity contribution < 1.29 is 9.59 Å². The molecule has 0 unspecified atom stereocenters. The number of pyridine rings is 1. The summed E-state index contributed by atoms with van der Waals surface area (Å²) in [5.41, 5.74) is 6.78. The van der Waals surface area contributed by atoms with E-state index < -0.39 is 5.92 Å². The van der Waals surface area contributed by atoms with Crippen LogP contribution >= 0.6 is 0 Å². The molecule has 37 heavy (non-hydrogen) atoms. The third kappa shape index (κ3) is 3.03. The molecule has 0 radical (unpaired) electrons. The number of amides is 2. The van der Waals surface area contributed by atoms with Gasteiger partial charge in [-0.1, -0.05) is 38.1 Å². The fourth-order valence-corrected chi connectivity index (χ4v) is 6.54. The largest absolute Gasteiger partial charge is 0.356 e. The summed E-state index contributed by atoms with van der Waals surface area (Å²) in [7, 11) is 0. The van der Waals surface area contributed by atoms with Gasteiger partial charge in [0.15, 0.2) is 0 Å². The third-order valence-corrected chi connectivity index (χ3v) is 8.02. The van der Waals surface area contributed by atoms with E-state index in [2.05, 4.69) is 42.1 Å². The van der Waals surface area contributed by atoms with Crippen LogP contribution < -0.4 is 10.9 Å². The molecule has 0 spiro atoms. The highest BCUT2D eigenvalue weighted by atomic mass is 16.2. The minimum atomic E-state index is -0.580. The van der Waals surface area contributed by atoms with Crippen LogP contribution in [0.1, 0.15) is 43.4 Å². The van der Waals surface area contributed by atoms with Gasteiger partial charge in [-0.15, -0.1) is 0 Å². The number of hydrogen-bond acceptors (Lipinski definition) is 4.